The molecule has 144 valence electrons. The Bertz CT molecular complexity index is 740. The summed E-state index contributed by atoms with van der Waals surface area (Å²) in [5, 5.41) is 0. The van der Waals surface area contributed by atoms with Crippen LogP contribution in [0.4, 0.5) is 0 Å². The molecular weight excluding hydrogens is 356 g/mol. The molecular formula is C18H26N2O5S. The topological polar surface area (TPSA) is 76.2 Å². The molecule has 2 saturated heterocycles. The molecule has 0 N–H and O–H groups in total. The minimum absolute atomic E-state index is 0.00920. The van der Waals surface area contributed by atoms with Crippen molar-refractivity contribution in [2.24, 2.45) is 0 Å². The first-order chi connectivity index (χ1) is 12.4. The number of likely N-dealkylation sites (tertiary alicyclic amines) is 1. The van der Waals surface area contributed by atoms with Crippen LogP contribution in [-0.2, 0) is 26.0 Å². The molecule has 0 aliphatic carbocycles. The van der Waals surface area contributed by atoms with Crippen LogP contribution in [0.5, 0.6) is 5.75 Å². The molecule has 0 unspecified atom stereocenters. The summed E-state index contributed by atoms with van der Waals surface area (Å²) in [6.45, 7) is 2.07. The van der Waals surface area contributed by atoms with Crippen LogP contribution in [0.2, 0.25) is 0 Å². The first-order valence-corrected chi connectivity index (χ1v) is 10.7. The Morgan fingerprint density at radius 1 is 1.27 bits per heavy atom. The van der Waals surface area contributed by atoms with Gasteiger partial charge in [-0.1, -0.05) is 12.1 Å². The van der Waals surface area contributed by atoms with Crippen LogP contribution in [0.3, 0.4) is 0 Å². The van der Waals surface area contributed by atoms with Gasteiger partial charge in [0.2, 0.25) is 15.9 Å². The Morgan fingerprint density at radius 3 is 2.58 bits per heavy atom. The first kappa shape index (κ1) is 19.1. The van der Waals surface area contributed by atoms with Crippen molar-refractivity contribution in [1.82, 2.24) is 9.21 Å². The van der Waals surface area contributed by atoms with E-state index >= 15 is 0 Å². The maximum Gasteiger partial charge on any atom is 0.227 e. The number of ether oxygens (including phenoxy) is 2. The van der Waals surface area contributed by atoms with Crippen LogP contribution in [-0.4, -0.2) is 75.3 Å². The summed E-state index contributed by atoms with van der Waals surface area (Å²) in [6.07, 6.45) is 2.96. The Labute approximate surface area is 154 Å². The van der Waals surface area contributed by atoms with Crippen LogP contribution in [0.1, 0.15) is 18.4 Å². The van der Waals surface area contributed by atoms with E-state index in [1.165, 1.54) is 6.26 Å². The lowest BCUT2D eigenvalue weighted by Crippen LogP contribution is -2.64. The second kappa shape index (κ2) is 7.94. The Hall–Kier alpha value is -1.64. The van der Waals surface area contributed by atoms with E-state index in [9.17, 15) is 13.2 Å². The van der Waals surface area contributed by atoms with Gasteiger partial charge < -0.3 is 14.4 Å². The number of carbonyl (C=O) groups is 1. The molecule has 0 spiro atoms. The van der Waals surface area contributed by atoms with E-state index in [2.05, 4.69) is 0 Å². The monoisotopic (exact) mass is 382 g/mol. The van der Waals surface area contributed by atoms with Gasteiger partial charge in [-0.05, 0) is 30.5 Å². The standard InChI is InChI=1S/C18H26N2O5S/c1-24-17-5-3-4-14(10-17)11-18(21)19-12-16(13-19)20(26(2,22)23)15-6-8-25-9-7-15/h3-5,10,15-16H,6-9,11-13H2,1-2H3. The highest BCUT2D eigenvalue weighted by atomic mass is 32.2. The van der Waals surface area contributed by atoms with E-state index in [1.54, 1.807) is 16.3 Å². The molecule has 0 radical (unpaired) electrons. The molecule has 0 aromatic heterocycles. The van der Waals surface area contributed by atoms with E-state index in [-0.39, 0.29) is 18.0 Å². The third-order valence-corrected chi connectivity index (χ3v) is 6.36. The average Bonchev–Trinajstić information content (AvgIpc) is 2.57. The molecule has 26 heavy (non-hydrogen) atoms. The van der Waals surface area contributed by atoms with Crippen LogP contribution < -0.4 is 4.74 Å². The molecule has 0 bridgehead atoms. The summed E-state index contributed by atoms with van der Waals surface area (Å²) in [4.78, 5) is 14.2. The fourth-order valence-electron chi connectivity index (χ4n) is 3.67. The number of sulfonamides is 1. The molecule has 2 aliphatic heterocycles. The normalized spacial score (nSPS) is 19.4. The molecule has 1 aromatic carbocycles. The van der Waals surface area contributed by atoms with Crippen molar-refractivity contribution < 1.29 is 22.7 Å². The first-order valence-electron chi connectivity index (χ1n) is 8.85. The molecule has 0 atom stereocenters. The van der Waals surface area contributed by atoms with Crippen LogP contribution >= 0.6 is 0 Å². The number of hydrogen-bond acceptors (Lipinski definition) is 5. The number of benzene rings is 1. The molecule has 2 heterocycles. The predicted molar refractivity (Wildman–Crippen MR) is 97.6 cm³/mol. The summed E-state index contributed by atoms with van der Waals surface area (Å²) in [5.41, 5.74) is 0.891. The second-order valence-corrected chi connectivity index (χ2v) is 8.80. The lowest BCUT2D eigenvalue weighted by Gasteiger charge is -2.47. The van der Waals surface area contributed by atoms with Gasteiger partial charge in [0.15, 0.2) is 0 Å². The van der Waals surface area contributed by atoms with E-state index in [4.69, 9.17) is 9.47 Å². The number of rotatable bonds is 6. The van der Waals surface area contributed by atoms with Gasteiger partial charge in [0, 0.05) is 32.3 Å². The lowest BCUT2D eigenvalue weighted by molar-refractivity contribution is -0.137. The third kappa shape index (κ3) is 4.36. The van der Waals surface area contributed by atoms with Gasteiger partial charge in [0.1, 0.15) is 5.75 Å². The molecule has 1 amide bonds. The van der Waals surface area contributed by atoms with Crippen molar-refractivity contribution in [2.45, 2.75) is 31.3 Å². The fraction of sp³-hybridized carbons (Fsp3) is 0.611. The Kier molecular flexibility index (Phi) is 5.84. The van der Waals surface area contributed by atoms with E-state index < -0.39 is 10.0 Å². The molecule has 3 rings (SSSR count). The summed E-state index contributed by atoms with van der Waals surface area (Å²) in [5.74, 6) is 0.731. The van der Waals surface area contributed by atoms with Crippen LogP contribution in [0.15, 0.2) is 24.3 Å². The van der Waals surface area contributed by atoms with Crippen molar-refractivity contribution in [3.8, 4) is 5.75 Å². The minimum Gasteiger partial charge on any atom is -0.497 e. The van der Waals surface area contributed by atoms with Crippen LogP contribution in [0, 0.1) is 0 Å². The van der Waals surface area contributed by atoms with Crippen LogP contribution in [0.25, 0.3) is 0 Å². The third-order valence-electron chi connectivity index (χ3n) is 5.00. The maximum atomic E-state index is 12.5. The minimum atomic E-state index is -3.32. The summed E-state index contributed by atoms with van der Waals surface area (Å²) >= 11 is 0. The molecule has 2 aliphatic rings. The number of nitrogens with zero attached hydrogens (tertiary/aromatic N) is 2. The van der Waals surface area contributed by atoms with Gasteiger partial charge in [0.05, 0.1) is 25.8 Å². The molecule has 8 heteroatoms. The van der Waals surface area contributed by atoms with Gasteiger partial charge in [-0.25, -0.2) is 8.42 Å². The SMILES string of the molecule is COc1cccc(CC(=O)N2CC(N(C3CCOCC3)S(C)(=O)=O)C2)c1. The highest BCUT2D eigenvalue weighted by Gasteiger charge is 2.42. The molecule has 2 fully saturated rings. The van der Waals surface area contributed by atoms with Crippen molar-refractivity contribution in [3.63, 3.8) is 0 Å². The number of amides is 1. The largest absolute Gasteiger partial charge is 0.497 e. The fourth-order valence-corrected chi connectivity index (χ4v) is 5.10. The molecule has 1 aromatic rings. The number of hydrogen-bond donors (Lipinski definition) is 0. The van der Waals surface area contributed by atoms with E-state index in [0.29, 0.717) is 45.6 Å². The molecule has 0 saturated carbocycles. The van der Waals surface area contributed by atoms with Gasteiger partial charge >= 0.3 is 0 Å². The summed E-state index contributed by atoms with van der Waals surface area (Å²) < 4.78 is 36.7. The Morgan fingerprint density at radius 2 is 1.96 bits per heavy atom. The zero-order valence-corrected chi connectivity index (χ0v) is 16.1. The van der Waals surface area contributed by atoms with Gasteiger partial charge in [-0.3, -0.25) is 4.79 Å². The van der Waals surface area contributed by atoms with Crippen molar-refractivity contribution >= 4 is 15.9 Å². The van der Waals surface area contributed by atoms with E-state index in [0.717, 1.165) is 11.3 Å². The average molecular weight is 382 g/mol. The van der Waals surface area contributed by atoms with Gasteiger partial charge in [-0.2, -0.15) is 4.31 Å². The zero-order chi connectivity index (χ0) is 18.7. The second-order valence-electron chi connectivity index (χ2n) is 6.92. The quantitative estimate of drug-likeness (QED) is 0.730. The smallest absolute Gasteiger partial charge is 0.227 e. The predicted octanol–water partition coefficient (Wildman–Crippen LogP) is 0.889. The Balaban J connectivity index is 1.59. The van der Waals surface area contributed by atoms with Gasteiger partial charge in [-0.15, -0.1) is 0 Å². The lowest BCUT2D eigenvalue weighted by atomic mass is 10.0. The van der Waals surface area contributed by atoms with Crippen molar-refractivity contribution in [2.75, 3.05) is 39.7 Å². The van der Waals surface area contributed by atoms with Crippen molar-refractivity contribution in [3.05, 3.63) is 29.8 Å². The summed E-state index contributed by atoms with van der Waals surface area (Å²) in [7, 11) is -1.72. The zero-order valence-electron chi connectivity index (χ0n) is 15.3. The van der Waals surface area contributed by atoms with Crippen molar-refractivity contribution in [1.29, 1.82) is 0 Å². The van der Waals surface area contributed by atoms with E-state index in [1.807, 2.05) is 24.3 Å². The van der Waals surface area contributed by atoms with Gasteiger partial charge in [0.25, 0.3) is 0 Å². The molecule has 7 nitrogen and oxygen atoms in total. The highest BCUT2D eigenvalue weighted by molar-refractivity contribution is 7.88. The highest BCUT2D eigenvalue weighted by Crippen LogP contribution is 2.26. The maximum absolute atomic E-state index is 12.5. The summed E-state index contributed by atoms with van der Waals surface area (Å²) in [6, 6.07) is 7.27. The number of carbonyl (C=O) groups excluding carboxylic acids is 1. The number of methoxy groups -OCH3 is 1.